The molecule has 0 bridgehead atoms. The average molecular weight is 321 g/mol. The van der Waals surface area contributed by atoms with Gasteiger partial charge in [0.1, 0.15) is 17.5 Å². The molecule has 4 nitrogen and oxygen atoms in total. The van der Waals surface area contributed by atoms with Crippen LogP contribution in [0.3, 0.4) is 0 Å². The van der Waals surface area contributed by atoms with Gasteiger partial charge < -0.3 is 10.6 Å². The molecule has 0 spiro atoms. The maximum Gasteiger partial charge on any atom is 0.136 e. The third kappa shape index (κ3) is 4.21. The molecule has 0 radical (unpaired) electrons. The number of aryl methyl sites for hydroxylation is 1. The summed E-state index contributed by atoms with van der Waals surface area (Å²) in [6, 6.07) is 9.91. The van der Waals surface area contributed by atoms with E-state index < -0.39 is 0 Å². The lowest BCUT2D eigenvalue weighted by Crippen LogP contribution is -2.05. The second-order valence-corrected chi connectivity index (χ2v) is 5.16. The molecule has 2 rings (SSSR count). The van der Waals surface area contributed by atoms with Crippen LogP contribution in [0.4, 0.5) is 17.3 Å². The third-order valence-corrected chi connectivity index (χ3v) is 2.98. The molecule has 19 heavy (non-hydrogen) atoms. The van der Waals surface area contributed by atoms with Crippen LogP contribution in [0.1, 0.15) is 19.2 Å². The van der Waals surface area contributed by atoms with Gasteiger partial charge in [0.2, 0.25) is 0 Å². The number of nitrogens with one attached hydrogen (secondary N) is 2. The van der Waals surface area contributed by atoms with E-state index in [1.54, 1.807) is 0 Å². The van der Waals surface area contributed by atoms with Crippen LogP contribution in [0.2, 0.25) is 0 Å². The Labute approximate surface area is 121 Å². The van der Waals surface area contributed by atoms with E-state index in [9.17, 15) is 0 Å². The minimum absolute atomic E-state index is 0.749. The first-order valence-electron chi connectivity index (χ1n) is 6.29. The Morgan fingerprint density at radius 3 is 2.68 bits per heavy atom. The summed E-state index contributed by atoms with van der Waals surface area (Å²) in [6.45, 7) is 4.93. The molecule has 0 amide bonds. The van der Waals surface area contributed by atoms with E-state index in [4.69, 9.17) is 0 Å². The molecule has 0 atom stereocenters. The molecule has 1 aromatic heterocycles. The van der Waals surface area contributed by atoms with E-state index in [1.165, 1.54) is 0 Å². The molecule has 5 heteroatoms. The molecule has 100 valence electrons. The Balaban J connectivity index is 2.17. The van der Waals surface area contributed by atoms with Crippen molar-refractivity contribution in [2.45, 2.75) is 20.3 Å². The Morgan fingerprint density at radius 2 is 1.95 bits per heavy atom. The topological polar surface area (TPSA) is 49.8 Å². The molecule has 0 saturated heterocycles. The van der Waals surface area contributed by atoms with E-state index in [0.717, 1.165) is 40.6 Å². The first-order chi connectivity index (χ1) is 9.17. The summed E-state index contributed by atoms with van der Waals surface area (Å²) in [5.74, 6) is 2.40. The van der Waals surface area contributed by atoms with Crippen LogP contribution in [-0.4, -0.2) is 16.5 Å². The molecule has 0 aliphatic rings. The van der Waals surface area contributed by atoms with Gasteiger partial charge in [-0.2, -0.15) is 0 Å². The summed E-state index contributed by atoms with van der Waals surface area (Å²) >= 11 is 3.45. The van der Waals surface area contributed by atoms with Gasteiger partial charge in [0.05, 0.1) is 0 Å². The highest BCUT2D eigenvalue weighted by atomic mass is 79.9. The van der Waals surface area contributed by atoms with Crippen LogP contribution in [0, 0.1) is 6.92 Å². The van der Waals surface area contributed by atoms with Crippen LogP contribution < -0.4 is 10.6 Å². The van der Waals surface area contributed by atoms with Gasteiger partial charge in [-0.25, -0.2) is 9.97 Å². The number of nitrogens with zero attached hydrogens (tertiary/aromatic N) is 2. The molecule has 2 N–H and O–H groups in total. The summed E-state index contributed by atoms with van der Waals surface area (Å²) in [6.07, 6.45) is 1.07. The number of hydrogen-bond donors (Lipinski definition) is 2. The zero-order valence-electron chi connectivity index (χ0n) is 11.1. The monoisotopic (exact) mass is 320 g/mol. The van der Waals surface area contributed by atoms with Gasteiger partial charge in [0.15, 0.2) is 0 Å². The normalized spacial score (nSPS) is 10.3. The number of rotatable bonds is 5. The zero-order chi connectivity index (χ0) is 13.7. The Kier molecular flexibility index (Phi) is 4.74. The van der Waals surface area contributed by atoms with E-state index in [-0.39, 0.29) is 0 Å². The van der Waals surface area contributed by atoms with Crippen molar-refractivity contribution in [1.29, 1.82) is 0 Å². The molecule has 0 aliphatic carbocycles. The number of hydrogen-bond acceptors (Lipinski definition) is 4. The standard InChI is InChI=1S/C14H17BrN4/c1-3-7-16-13-9-14(18-10(2)17-13)19-12-6-4-5-11(15)8-12/h4-6,8-9H,3,7H2,1-2H3,(H2,16,17,18,19). The lowest BCUT2D eigenvalue weighted by molar-refractivity contribution is 0.955. The van der Waals surface area contributed by atoms with Crippen molar-refractivity contribution in [3.05, 3.63) is 40.6 Å². The summed E-state index contributed by atoms with van der Waals surface area (Å²) in [5.41, 5.74) is 0.994. The first kappa shape index (κ1) is 13.8. The fourth-order valence-corrected chi connectivity index (χ4v) is 2.09. The van der Waals surface area contributed by atoms with E-state index >= 15 is 0 Å². The van der Waals surface area contributed by atoms with Crippen molar-refractivity contribution in [2.24, 2.45) is 0 Å². The minimum Gasteiger partial charge on any atom is -0.370 e. The Hall–Kier alpha value is -1.62. The van der Waals surface area contributed by atoms with Crippen molar-refractivity contribution < 1.29 is 0 Å². The van der Waals surface area contributed by atoms with Gasteiger partial charge in [-0.1, -0.05) is 28.9 Å². The number of halogens is 1. The van der Waals surface area contributed by atoms with Gasteiger partial charge in [-0.05, 0) is 31.5 Å². The lowest BCUT2D eigenvalue weighted by Gasteiger charge is -2.10. The van der Waals surface area contributed by atoms with Crippen molar-refractivity contribution in [3.63, 3.8) is 0 Å². The molecule has 0 aliphatic heterocycles. The second kappa shape index (κ2) is 6.52. The minimum atomic E-state index is 0.749. The summed E-state index contributed by atoms with van der Waals surface area (Å²) in [7, 11) is 0. The van der Waals surface area contributed by atoms with Gasteiger partial charge in [-0.15, -0.1) is 0 Å². The smallest absolute Gasteiger partial charge is 0.136 e. The summed E-state index contributed by atoms with van der Waals surface area (Å²) < 4.78 is 1.03. The van der Waals surface area contributed by atoms with E-state index in [2.05, 4.69) is 43.5 Å². The number of benzene rings is 1. The highest BCUT2D eigenvalue weighted by molar-refractivity contribution is 9.10. The predicted octanol–water partition coefficient (Wildman–Crippen LogP) is 4.11. The van der Waals surface area contributed by atoms with Crippen molar-refractivity contribution >= 4 is 33.3 Å². The molecular formula is C14H17BrN4. The maximum atomic E-state index is 4.39. The summed E-state index contributed by atoms with van der Waals surface area (Å²) in [5, 5.41) is 6.55. The molecule has 1 aromatic carbocycles. The first-order valence-corrected chi connectivity index (χ1v) is 7.09. The Bertz CT molecular complexity index is 557. The van der Waals surface area contributed by atoms with Crippen LogP contribution >= 0.6 is 15.9 Å². The predicted molar refractivity (Wildman–Crippen MR) is 83.0 cm³/mol. The highest BCUT2D eigenvalue weighted by Crippen LogP contribution is 2.20. The number of anilines is 3. The quantitative estimate of drug-likeness (QED) is 0.870. The van der Waals surface area contributed by atoms with Crippen molar-refractivity contribution in [3.8, 4) is 0 Å². The van der Waals surface area contributed by atoms with Crippen LogP contribution in [0.25, 0.3) is 0 Å². The number of aromatic nitrogens is 2. The molecule has 1 heterocycles. The van der Waals surface area contributed by atoms with Crippen LogP contribution in [0.15, 0.2) is 34.8 Å². The molecule has 0 fully saturated rings. The van der Waals surface area contributed by atoms with Crippen LogP contribution in [-0.2, 0) is 0 Å². The van der Waals surface area contributed by atoms with E-state index in [0.29, 0.717) is 0 Å². The van der Waals surface area contributed by atoms with Crippen molar-refractivity contribution in [1.82, 2.24) is 9.97 Å². The van der Waals surface area contributed by atoms with Crippen molar-refractivity contribution in [2.75, 3.05) is 17.2 Å². The fraction of sp³-hybridized carbons (Fsp3) is 0.286. The van der Waals surface area contributed by atoms with Gasteiger partial charge in [0, 0.05) is 22.8 Å². The molecular weight excluding hydrogens is 304 g/mol. The second-order valence-electron chi connectivity index (χ2n) is 4.25. The van der Waals surface area contributed by atoms with Gasteiger partial charge in [-0.3, -0.25) is 0 Å². The molecule has 0 unspecified atom stereocenters. The van der Waals surface area contributed by atoms with E-state index in [1.807, 2.05) is 37.3 Å². The maximum absolute atomic E-state index is 4.39. The Morgan fingerprint density at radius 1 is 1.16 bits per heavy atom. The molecule has 2 aromatic rings. The third-order valence-electron chi connectivity index (χ3n) is 2.49. The SMILES string of the molecule is CCCNc1cc(Nc2cccc(Br)c2)nc(C)n1. The largest absolute Gasteiger partial charge is 0.370 e. The summed E-state index contributed by atoms with van der Waals surface area (Å²) in [4.78, 5) is 8.75. The average Bonchev–Trinajstić information content (AvgIpc) is 2.35. The lowest BCUT2D eigenvalue weighted by atomic mass is 10.3. The van der Waals surface area contributed by atoms with Crippen LogP contribution in [0.5, 0.6) is 0 Å². The fourth-order valence-electron chi connectivity index (χ4n) is 1.69. The van der Waals surface area contributed by atoms with Gasteiger partial charge in [0.25, 0.3) is 0 Å². The zero-order valence-corrected chi connectivity index (χ0v) is 12.7. The highest BCUT2D eigenvalue weighted by Gasteiger charge is 2.02. The molecule has 0 saturated carbocycles. The van der Waals surface area contributed by atoms with Gasteiger partial charge >= 0.3 is 0 Å².